The zero-order valence-corrected chi connectivity index (χ0v) is 23.5. The Hall–Kier alpha value is -3.64. The van der Waals surface area contributed by atoms with E-state index in [4.69, 9.17) is 18.9 Å². The monoisotopic (exact) mass is 570 g/mol. The highest BCUT2D eigenvalue weighted by Gasteiger charge is 2.51. The van der Waals surface area contributed by atoms with Gasteiger partial charge in [-0.1, -0.05) is 18.2 Å². The van der Waals surface area contributed by atoms with Gasteiger partial charge in [0.15, 0.2) is 11.5 Å². The van der Waals surface area contributed by atoms with Crippen molar-refractivity contribution in [1.29, 1.82) is 0 Å². The van der Waals surface area contributed by atoms with Crippen LogP contribution in [-0.4, -0.2) is 97.4 Å². The fourth-order valence-electron chi connectivity index (χ4n) is 5.48. The Morgan fingerprint density at radius 3 is 2.54 bits per heavy atom. The molecule has 41 heavy (non-hydrogen) atoms. The summed E-state index contributed by atoms with van der Waals surface area (Å²) in [6, 6.07) is 9.92. The number of carbonyl (C=O) groups excluding carboxylic acids is 2. The second-order valence-electron chi connectivity index (χ2n) is 9.80. The lowest BCUT2D eigenvalue weighted by atomic mass is 9.77. The number of nitrogens with one attached hydrogen (secondary N) is 1. The molecule has 1 aliphatic heterocycles. The van der Waals surface area contributed by atoms with E-state index < -0.39 is 30.1 Å². The molecule has 2 amide bonds. The van der Waals surface area contributed by atoms with Gasteiger partial charge in [0.1, 0.15) is 24.6 Å². The highest BCUT2D eigenvalue weighted by molar-refractivity contribution is 5.96. The Morgan fingerprint density at radius 2 is 1.85 bits per heavy atom. The van der Waals surface area contributed by atoms with Crippen LogP contribution in [0, 0.1) is 0 Å². The first-order chi connectivity index (χ1) is 19.9. The van der Waals surface area contributed by atoms with Crippen molar-refractivity contribution in [3.8, 4) is 17.2 Å². The summed E-state index contributed by atoms with van der Waals surface area (Å²) in [5.41, 5.74) is 2.30. The molecule has 4 rings (SSSR count). The quantitative estimate of drug-likeness (QED) is 0.276. The highest BCUT2D eigenvalue weighted by Crippen LogP contribution is 2.51. The van der Waals surface area contributed by atoms with Crippen LogP contribution in [0.3, 0.4) is 0 Å². The topological polar surface area (TPSA) is 147 Å². The molecule has 1 heterocycles. The number of benzene rings is 2. The second kappa shape index (κ2) is 13.8. The van der Waals surface area contributed by atoms with Crippen LogP contribution in [0.15, 0.2) is 48.0 Å². The Balaban J connectivity index is 1.76. The number of aliphatic hydroxyl groups is 3. The molecule has 1 aliphatic carbocycles. The van der Waals surface area contributed by atoms with Crippen molar-refractivity contribution in [2.75, 3.05) is 47.1 Å². The molecule has 4 N–H and O–H groups in total. The molecule has 2 aromatic rings. The molecule has 0 aromatic heterocycles. The molecule has 0 spiro atoms. The number of amides is 2. The van der Waals surface area contributed by atoms with E-state index in [1.807, 2.05) is 24.3 Å². The van der Waals surface area contributed by atoms with Crippen LogP contribution in [-0.2, 0) is 27.4 Å². The first-order valence-corrected chi connectivity index (χ1v) is 13.6. The fraction of sp³-hybridized carbons (Fsp3) is 0.467. The van der Waals surface area contributed by atoms with Crippen molar-refractivity contribution >= 4 is 11.8 Å². The van der Waals surface area contributed by atoms with Gasteiger partial charge in [-0.15, -0.1) is 0 Å². The van der Waals surface area contributed by atoms with Gasteiger partial charge in [-0.3, -0.25) is 9.59 Å². The fourth-order valence-corrected chi connectivity index (χ4v) is 5.48. The number of fused-ring (bicyclic) bond motifs is 3. The number of hydrogen-bond donors (Lipinski definition) is 4. The summed E-state index contributed by atoms with van der Waals surface area (Å²) in [6.45, 7) is 1.63. The van der Waals surface area contributed by atoms with Gasteiger partial charge in [0.25, 0.3) is 0 Å². The maximum Gasteiger partial charge on any atom is 0.249 e. The zero-order chi connectivity index (χ0) is 29.5. The van der Waals surface area contributed by atoms with E-state index in [2.05, 4.69) is 5.32 Å². The largest absolute Gasteiger partial charge is 0.496 e. The lowest BCUT2D eigenvalue weighted by Gasteiger charge is -2.40. The molecule has 2 aliphatic rings. The maximum atomic E-state index is 13.5. The van der Waals surface area contributed by atoms with Gasteiger partial charge in [0.2, 0.25) is 11.8 Å². The number of para-hydroxylation sites is 1. The highest BCUT2D eigenvalue weighted by atomic mass is 16.5. The Bertz CT molecular complexity index is 1260. The Kier molecular flexibility index (Phi) is 10.2. The van der Waals surface area contributed by atoms with Gasteiger partial charge >= 0.3 is 0 Å². The minimum Gasteiger partial charge on any atom is -0.496 e. The van der Waals surface area contributed by atoms with Crippen LogP contribution in [0.2, 0.25) is 0 Å². The van der Waals surface area contributed by atoms with Gasteiger partial charge in [-0.05, 0) is 48.7 Å². The Labute approximate surface area is 239 Å². The van der Waals surface area contributed by atoms with E-state index in [9.17, 15) is 24.9 Å². The van der Waals surface area contributed by atoms with Crippen LogP contribution < -0.4 is 19.5 Å². The van der Waals surface area contributed by atoms with Crippen LogP contribution >= 0.6 is 0 Å². The summed E-state index contributed by atoms with van der Waals surface area (Å²) in [6.07, 6.45) is -0.117. The third-order valence-electron chi connectivity index (χ3n) is 7.42. The van der Waals surface area contributed by atoms with Gasteiger partial charge in [-0.25, -0.2) is 0 Å². The van der Waals surface area contributed by atoms with E-state index in [0.717, 1.165) is 5.56 Å². The summed E-state index contributed by atoms with van der Waals surface area (Å²) in [4.78, 5) is 28.4. The number of methoxy groups -OCH3 is 2. The minimum absolute atomic E-state index is 0.0231. The first kappa shape index (κ1) is 30.3. The lowest BCUT2D eigenvalue weighted by molar-refractivity contribution is -0.141. The molecule has 0 saturated heterocycles. The average molecular weight is 571 g/mol. The normalized spacial score (nSPS) is 20.8. The van der Waals surface area contributed by atoms with Gasteiger partial charge in [-0.2, -0.15) is 0 Å². The summed E-state index contributed by atoms with van der Waals surface area (Å²) in [7, 11) is 3.05. The molecule has 0 unspecified atom stereocenters. The van der Waals surface area contributed by atoms with E-state index >= 15 is 0 Å². The van der Waals surface area contributed by atoms with Crippen molar-refractivity contribution in [2.45, 2.75) is 44.1 Å². The van der Waals surface area contributed by atoms with Crippen molar-refractivity contribution in [2.24, 2.45) is 0 Å². The molecule has 4 atom stereocenters. The van der Waals surface area contributed by atoms with E-state index in [-0.39, 0.29) is 44.4 Å². The number of aliphatic hydroxyl groups excluding tert-OH is 3. The molecular formula is C30H38N2O9. The number of carbonyl (C=O) groups is 2. The smallest absolute Gasteiger partial charge is 0.249 e. The maximum absolute atomic E-state index is 13.5. The molecule has 2 aromatic carbocycles. The van der Waals surface area contributed by atoms with Crippen LogP contribution in [0.4, 0.5) is 0 Å². The molecule has 11 nitrogen and oxygen atoms in total. The number of ether oxygens (including phenoxy) is 4. The van der Waals surface area contributed by atoms with Crippen molar-refractivity contribution in [3.63, 3.8) is 0 Å². The second-order valence-corrected chi connectivity index (χ2v) is 9.80. The first-order valence-electron chi connectivity index (χ1n) is 13.6. The number of hydrogen-bond acceptors (Lipinski definition) is 9. The van der Waals surface area contributed by atoms with Gasteiger partial charge in [0.05, 0.1) is 39.4 Å². The molecule has 0 radical (unpaired) electrons. The standard InChI is InChI=1S/C30H38N2O9/c1-4-40-17-25(35)32(11-9-19-7-5-6-8-23(19)38-2)22-15-21(30(37)31-10-12-33)26-20-13-18(16-34)14-24(39-3)28(20)41-29(26)27(22)36/h5-8,13-15,22,26-27,29,33-34,36H,4,9-12,16-17H2,1-3H3,(H,31,37)/t22-,26+,27+,29+/m1/s1. The molecule has 0 bridgehead atoms. The van der Waals surface area contributed by atoms with Crippen molar-refractivity contribution in [1.82, 2.24) is 10.2 Å². The number of rotatable bonds is 13. The predicted octanol–water partition coefficient (Wildman–Crippen LogP) is 0.927. The zero-order valence-electron chi connectivity index (χ0n) is 23.5. The van der Waals surface area contributed by atoms with Gasteiger partial charge < -0.3 is 44.5 Å². The SMILES string of the molecule is CCOCC(=O)N(CCc1ccccc1OC)[C@@H]1C=C(C(=O)NCCO)[C@@H]2c3cc(CO)cc(OC)c3O[C@@H]2[C@H]1O. The summed E-state index contributed by atoms with van der Waals surface area (Å²) >= 11 is 0. The van der Waals surface area contributed by atoms with E-state index in [0.29, 0.717) is 41.4 Å². The minimum atomic E-state index is -1.22. The third-order valence-corrected chi connectivity index (χ3v) is 7.42. The van der Waals surface area contributed by atoms with Crippen molar-refractivity contribution in [3.05, 3.63) is 64.7 Å². The van der Waals surface area contributed by atoms with E-state index in [1.54, 1.807) is 32.2 Å². The van der Waals surface area contributed by atoms with Crippen LogP contribution in [0.25, 0.3) is 0 Å². The molecular weight excluding hydrogens is 532 g/mol. The molecule has 0 saturated carbocycles. The third kappa shape index (κ3) is 6.33. The average Bonchev–Trinajstić information content (AvgIpc) is 3.39. The lowest BCUT2D eigenvalue weighted by Crippen LogP contribution is -2.56. The summed E-state index contributed by atoms with van der Waals surface area (Å²) in [5, 5.41) is 33.6. The van der Waals surface area contributed by atoms with E-state index in [1.165, 1.54) is 12.0 Å². The summed E-state index contributed by atoms with van der Waals surface area (Å²) in [5.74, 6) is -0.117. The predicted molar refractivity (Wildman–Crippen MR) is 149 cm³/mol. The Morgan fingerprint density at radius 1 is 1.10 bits per heavy atom. The summed E-state index contributed by atoms with van der Waals surface area (Å²) < 4.78 is 22.7. The van der Waals surface area contributed by atoms with Gasteiger partial charge in [0, 0.05) is 30.8 Å². The number of nitrogens with zero attached hydrogens (tertiary/aromatic N) is 1. The molecule has 0 fully saturated rings. The van der Waals surface area contributed by atoms with Crippen molar-refractivity contribution < 1.29 is 43.9 Å². The van der Waals surface area contributed by atoms with Crippen LogP contribution in [0.5, 0.6) is 17.2 Å². The van der Waals surface area contributed by atoms with Crippen LogP contribution in [0.1, 0.15) is 29.5 Å². The molecule has 11 heteroatoms. The molecule has 222 valence electrons.